The molecule has 0 bridgehead atoms. The van der Waals surface area contributed by atoms with Gasteiger partial charge in [0, 0.05) is 23.9 Å². The molecule has 0 atom stereocenters. The lowest BCUT2D eigenvalue weighted by atomic mass is 9.89. The van der Waals surface area contributed by atoms with E-state index in [0.717, 1.165) is 120 Å². The van der Waals surface area contributed by atoms with Gasteiger partial charge in [0.05, 0.1) is 12.2 Å². The first-order valence-electron chi connectivity index (χ1n) is 24.2. The molecule has 4 fully saturated rings. The summed E-state index contributed by atoms with van der Waals surface area (Å²) in [5.74, 6) is 3.48. The van der Waals surface area contributed by atoms with Gasteiger partial charge in [-0.15, -0.1) is 20.4 Å². The number of carbonyl (C=O) groups excluding carboxylic acids is 1. The molecular weight excluding hydrogens is 903 g/mol. The Labute approximate surface area is 396 Å². The molecule has 370 valence electrons. The molecule has 2 saturated carbocycles. The number of rotatable bonds is 9. The van der Waals surface area contributed by atoms with Gasteiger partial charge in [-0.05, 0) is 166 Å². The average Bonchev–Trinajstić information content (AvgIpc) is 4.10. The van der Waals surface area contributed by atoms with Gasteiger partial charge in [-0.1, -0.05) is 60.7 Å². The van der Waals surface area contributed by atoms with Crippen LogP contribution in [0.3, 0.4) is 0 Å². The fourth-order valence-corrected chi connectivity index (χ4v) is 10.1. The summed E-state index contributed by atoms with van der Waals surface area (Å²) < 4.78 is 94.9. The maximum absolute atomic E-state index is 14.1. The molecular formula is C50H60F6N10O3. The first kappa shape index (κ1) is 49.7. The Morgan fingerprint density at radius 3 is 1.55 bits per heavy atom. The summed E-state index contributed by atoms with van der Waals surface area (Å²) >= 11 is 0. The summed E-state index contributed by atoms with van der Waals surface area (Å²) in [4.78, 5) is 13.2. The molecule has 0 unspecified atom stereocenters. The Balaban J connectivity index is 0.000000158. The predicted molar refractivity (Wildman–Crippen MR) is 248 cm³/mol. The monoisotopic (exact) mass is 962 g/mol. The summed E-state index contributed by atoms with van der Waals surface area (Å²) in [5, 5.41) is 32.8. The van der Waals surface area contributed by atoms with Crippen LogP contribution < -0.4 is 14.8 Å². The smallest absolute Gasteiger partial charge is 0.420 e. The second kappa shape index (κ2) is 22.4. The minimum atomic E-state index is -4.51. The van der Waals surface area contributed by atoms with Gasteiger partial charge in [-0.25, -0.2) is 0 Å². The summed E-state index contributed by atoms with van der Waals surface area (Å²) in [7, 11) is 0. The minimum Gasteiger partial charge on any atom is -0.490 e. The van der Waals surface area contributed by atoms with E-state index < -0.39 is 23.5 Å². The van der Waals surface area contributed by atoms with E-state index in [0.29, 0.717) is 52.8 Å². The number of hydrogen-bond donors (Lipinski definition) is 3. The SMILES string of the molecule is C1CC(c2nn[nH]n2)CCN1.CC1CCC(Oc2ccc3cc(C=O)ccc3c2C(F)(F)F)CC1.CC1CCC(Oc2ccc3cc(CN4CCC(c5nn[nH]n5)CC4)ccc3c2C(F)(F)F)CC1. The third-order valence-corrected chi connectivity index (χ3v) is 14.1. The van der Waals surface area contributed by atoms with Gasteiger partial charge in [-0.3, -0.25) is 9.69 Å². The lowest BCUT2D eigenvalue weighted by Gasteiger charge is -2.30. The maximum Gasteiger partial charge on any atom is 0.420 e. The largest absolute Gasteiger partial charge is 0.490 e. The van der Waals surface area contributed by atoms with Crippen LogP contribution in [0.5, 0.6) is 11.5 Å². The number of nitrogens with zero attached hydrogens (tertiary/aromatic N) is 7. The van der Waals surface area contributed by atoms with Crippen molar-refractivity contribution in [3.8, 4) is 11.5 Å². The molecule has 4 aliphatic rings. The van der Waals surface area contributed by atoms with E-state index in [1.54, 1.807) is 18.2 Å². The van der Waals surface area contributed by atoms with Crippen molar-refractivity contribution in [1.82, 2.24) is 51.5 Å². The second-order valence-electron chi connectivity index (χ2n) is 19.1. The van der Waals surface area contributed by atoms with E-state index in [2.05, 4.69) is 65.3 Å². The fourth-order valence-electron chi connectivity index (χ4n) is 10.1. The number of H-pyrrole nitrogens is 2. The molecule has 19 heteroatoms. The highest BCUT2D eigenvalue weighted by atomic mass is 19.4. The molecule has 2 saturated heterocycles. The Hall–Kier alpha value is -5.69. The summed E-state index contributed by atoms with van der Waals surface area (Å²) in [6, 6.07) is 15.7. The second-order valence-corrected chi connectivity index (χ2v) is 19.1. The van der Waals surface area contributed by atoms with Crippen LogP contribution in [0.25, 0.3) is 21.5 Å². The molecule has 2 aliphatic carbocycles. The van der Waals surface area contributed by atoms with Crippen LogP contribution in [0, 0.1) is 11.8 Å². The first-order valence-corrected chi connectivity index (χ1v) is 24.2. The van der Waals surface area contributed by atoms with Crippen molar-refractivity contribution < 1.29 is 40.6 Å². The van der Waals surface area contributed by atoms with Crippen molar-refractivity contribution in [3.63, 3.8) is 0 Å². The van der Waals surface area contributed by atoms with E-state index in [4.69, 9.17) is 9.47 Å². The van der Waals surface area contributed by atoms with Gasteiger partial charge in [0.25, 0.3) is 0 Å². The number of halogens is 6. The van der Waals surface area contributed by atoms with Crippen molar-refractivity contribution in [2.75, 3.05) is 26.2 Å². The molecule has 0 spiro atoms. The number of hydrogen-bond acceptors (Lipinski definition) is 11. The molecule has 4 aromatic carbocycles. The highest BCUT2D eigenvalue weighted by Crippen LogP contribution is 2.44. The topological polar surface area (TPSA) is 160 Å². The Morgan fingerprint density at radius 2 is 1.09 bits per heavy atom. The van der Waals surface area contributed by atoms with Gasteiger partial charge in [0.15, 0.2) is 11.6 Å². The van der Waals surface area contributed by atoms with E-state index in [-0.39, 0.29) is 34.5 Å². The zero-order valence-corrected chi connectivity index (χ0v) is 39.0. The number of aromatic nitrogens is 8. The number of tetrazole rings is 2. The van der Waals surface area contributed by atoms with E-state index >= 15 is 0 Å². The van der Waals surface area contributed by atoms with Crippen molar-refractivity contribution in [2.45, 2.75) is 134 Å². The Bertz CT molecular complexity index is 2560. The number of aromatic amines is 2. The Morgan fingerprint density at radius 1 is 0.609 bits per heavy atom. The molecule has 4 heterocycles. The third kappa shape index (κ3) is 12.9. The molecule has 3 N–H and O–H groups in total. The molecule has 2 aromatic heterocycles. The molecule has 0 amide bonds. The lowest BCUT2D eigenvalue weighted by molar-refractivity contribution is -0.139. The Kier molecular flexibility index (Phi) is 16.1. The van der Waals surface area contributed by atoms with Gasteiger partial charge >= 0.3 is 12.4 Å². The van der Waals surface area contributed by atoms with Crippen LogP contribution >= 0.6 is 0 Å². The van der Waals surface area contributed by atoms with Crippen LogP contribution in [0.4, 0.5) is 26.3 Å². The first-order chi connectivity index (χ1) is 33.2. The summed E-state index contributed by atoms with van der Waals surface area (Å²) in [5.41, 5.74) is -0.0497. The van der Waals surface area contributed by atoms with Crippen LogP contribution in [0.1, 0.15) is 141 Å². The number of alkyl halides is 6. The fraction of sp³-hybridized carbons (Fsp3) is 0.540. The van der Waals surface area contributed by atoms with Crippen LogP contribution in [0.15, 0.2) is 60.7 Å². The molecule has 6 aromatic rings. The van der Waals surface area contributed by atoms with Gasteiger partial charge < -0.3 is 14.8 Å². The average molecular weight is 963 g/mol. The summed E-state index contributed by atoms with van der Waals surface area (Å²) in [6.07, 6.45) is 2.54. The number of ether oxygens (including phenoxy) is 2. The molecule has 2 aliphatic heterocycles. The normalized spacial score (nSPS) is 22.0. The quantitative estimate of drug-likeness (QED) is 0.0935. The number of benzene rings is 4. The van der Waals surface area contributed by atoms with Crippen molar-refractivity contribution in [2.24, 2.45) is 11.8 Å². The van der Waals surface area contributed by atoms with E-state index in [9.17, 15) is 31.1 Å². The highest BCUT2D eigenvalue weighted by molar-refractivity contribution is 5.93. The van der Waals surface area contributed by atoms with E-state index in [1.165, 1.54) is 30.3 Å². The standard InChI is InChI=1S/C25H30F3N5O.C19H19F3O2.C6H11N5/c1-16-2-6-20(7-3-16)34-22-9-5-19-14-17(4-8-21(19)23(22)25(26,27)28)15-33-12-10-18(11-13-33)24-29-31-32-30-24;1-12-2-6-15(7-3-12)24-17-9-5-14-10-13(11-23)4-8-16(14)18(17)19(20,21)22;1-3-7-4-2-5(1)6-8-10-11-9-6/h4-5,8-9,14,16,18,20H,2-3,6-7,10-13,15H2,1H3,(H,29,30,31,32);4-5,8-12,15H,2-3,6-7H2,1H3;5,7H,1-4H2,(H,8,9,10,11). The van der Waals surface area contributed by atoms with E-state index in [1.807, 2.05) is 12.1 Å². The van der Waals surface area contributed by atoms with Crippen LogP contribution in [-0.4, -0.2) is 90.8 Å². The van der Waals surface area contributed by atoms with Gasteiger partial charge in [0.2, 0.25) is 0 Å². The number of aldehydes is 1. The van der Waals surface area contributed by atoms with Crippen molar-refractivity contribution in [1.29, 1.82) is 0 Å². The molecule has 13 nitrogen and oxygen atoms in total. The van der Waals surface area contributed by atoms with Crippen LogP contribution in [0.2, 0.25) is 0 Å². The lowest BCUT2D eigenvalue weighted by Crippen LogP contribution is -2.32. The maximum atomic E-state index is 14.1. The molecule has 0 radical (unpaired) electrons. The molecule has 10 rings (SSSR count). The van der Waals surface area contributed by atoms with Gasteiger partial charge in [0.1, 0.15) is 28.9 Å². The number of nitrogens with one attached hydrogen (secondary N) is 3. The zero-order valence-electron chi connectivity index (χ0n) is 39.0. The van der Waals surface area contributed by atoms with Crippen molar-refractivity contribution in [3.05, 3.63) is 94.6 Å². The van der Waals surface area contributed by atoms with Crippen LogP contribution in [-0.2, 0) is 18.9 Å². The minimum absolute atomic E-state index is 0.0455. The third-order valence-electron chi connectivity index (χ3n) is 14.1. The van der Waals surface area contributed by atoms with Crippen molar-refractivity contribution >= 4 is 27.8 Å². The molecule has 69 heavy (non-hydrogen) atoms. The van der Waals surface area contributed by atoms with Gasteiger partial charge in [-0.2, -0.15) is 36.8 Å². The highest BCUT2D eigenvalue weighted by Gasteiger charge is 2.39. The number of carbonyl (C=O) groups is 1. The number of fused-ring (bicyclic) bond motifs is 2. The number of likely N-dealkylation sites (tertiary alicyclic amines) is 1. The number of piperidine rings is 2. The zero-order chi connectivity index (χ0) is 48.5. The summed E-state index contributed by atoms with van der Waals surface area (Å²) in [6.45, 7) is 8.95. The predicted octanol–water partition coefficient (Wildman–Crippen LogP) is 11.0.